The number of nitrogens with zero attached hydrogens (tertiary/aromatic N) is 1. The third kappa shape index (κ3) is 4.76. The SMILES string of the molecule is COc1cc(C(=O)OCC(=O)Nc2ccc(C)cc2C)c([N+](=O)[O-])cc1OC. The summed E-state index contributed by atoms with van der Waals surface area (Å²) in [5.74, 6) is -1.37. The highest BCUT2D eigenvalue weighted by Crippen LogP contribution is 2.34. The number of ether oxygens (including phenoxy) is 3. The molecule has 28 heavy (non-hydrogen) atoms. The number of carbonyl (C=O) groups excluding carboxylic acids is 2. The zero-order valence-electron chi connectivity index (χ0n) is 15.9. The molecule has 0 aliphatic rings. The van der Waals surface area contributed by atoms with Crippen LogP contribution in [0.2, 0.25) is 0 Å². The predicted molar refractivity (Wildman–Crippen MR) is 101 cm³/mol. The van der Waals surface area contributed by atoms with E-state index in [-0.39, 0.29) is 17.1 Å². The van der Waals surface area contributed by atoms with Crippen molar-refractivity contribution < 1.29 is 28.7 Å². The van der Waals surface area contributed by atoms with E-state index in [2.05, 4.69) is 5.32 Å². The molecule has 0 heterocycles. The summed E-state index contributed by atoms with van der Waals surface area (Å²) in [4.78, 5) is 34.9. The van der Waals surface area contributed by atoms with Crippen LogP contribution < -0.4 is 14.8 Å². The van der Waals surface area contributed by atoms with Crippen molar-refractivity contribution in [3.05, 3.63) is 57.1 Å². The van der Waals surface area contributed by atoms with Gasteiger partial charge in [0.05, 0.1) is 25.2 Å². The molecule has 1 amide bonds. The van der Waals surface area contributed by atoms with Crippen LogP contribution >= 0.6 is 0 Å². The standard InChI is InChI=1S/C19H20N2O7/c1-11-5-6-14(12(2)7-11)20-18(22)10-28-19(23)13-8-16(26-3)17(27-4)9-15(13)21(24)25/h5-9H,10H2,1-4H3,(H,20,22). The minimum atomic E-state index is -1.02. The molecule has 0 saturated heterocycles. The van der Waals surface area contributed by atoms with Gasteiger partial charge in [-0.15, -0.1) is 0 Å². The normalized spacial score (nSPS) is 10.1. The van der Waals surface area contributed by atoms with Gasteiger partial charge in [-0.2, -0.15) is 0 Å². The number of anilines is 1. The van der Waals surface area contributed by atoms with Gasteiger partial charge in [-0.1, -0.05) is 17.7 Å². The molecule has 0 saturated carbocycles. The molecule has 2 aromatic carbocycles. The summed E-state index contributed by atoms with van der Waals surface area (Å²) in [6, 6.07) is 7.67. The maximum absolute atomic E-state index is 12.3. The number of aryl methyl sites for hydroxylation is 2. The van der Waals surface area contributed by atoms with Crippen LogP contribution in [-0.4, -0.2) is 37.6 Å². The van der Waals surface area contributed by atoms with Gasteiger partial charge in [-0.3, -0.25) is 14.9 Å². The van der Waals surface area contributed by atoms with Crippen LogP contribution in [0.1, 0.15) is 21.5 Å². The summed E-state index contributed by atoms with van der Waals surface area (Å²) in [5.41, 5.74) is 1.63. The predicted octanol–water partition coefficient (Wildman–Crippen LogP) is 3.02. The molecule has 0 radical (unpaired) electrons. The van der Waals surface area contributed by atoms with Gasteiger partial charge in [0.15, 0.2) is 18.1 Å². The van der Waals surface area contributed by atoms with E-state index in [1.807, 2.05) is 26.0 Å². The maximum Gasteiger partial charge on any atom is 0.345 e. The van der Waals surface area contributed by atoms with Gasteiger partial charge < -0.3 is 19.5 Å². The number of methoxy groups -OCH3 is 2. The Balaban J connectivity index is 2.13. The molecule has 9 heteroatoms. The minimum absolute atomic E-state index is 0.0957. The lowest BCUT2D eigenvalue weighted by Crippen LogP contribution is -2.21. The summed E-state index contributed by atoms with van der Waals surface area (Å²) in [6.45, 7) is 3.16. The molecule has 0 atom stereocenters. The van der Waals surface area contributed by atoms with Crippen LogP contribution in [-0.2, 0) is 9.53 Å². The molecule has 0 aliphatic carbocycles. The Kier molecular flexibility index (Phi) is 6.54. The van der Waals surface area contributed by atoms with E-state index < -0.39 is 29.1 Å². The van der Waals surface area contributed by atoms with Crippen LogP contribution in [0.4, 0.5) is 11.4 Å². The van der Waals surface area contributed by atoms with Gasteiger partial charge in [0.2, 0.25) is 0 Å². The molecule has 0 aromatic heterocycles. The molecule has 0 aliphatic heterocycles. The number of nitro groups is 1. The molecule has 9 nitrogen and oxygen atoms in total. The van der Waals surface area contributed by atoms with Gasteiger partial charge >= 0.3 is 5.97 Å². The van der Waals surface area contributed by atoms with E-state index in [1.54, 1.807) is 6.07 Å². The average Bonchev–Trinajstić information content (AvgIpc) is 2.67. The van der Waals surface area contributed by atoms with Crippen molar-refractivity contribution >= 4 is 23.3 Å². The van der Waals surface area contributed by atoms with Crippen LogP contribution in [0.3, 0.4) is 0 Å². The first-order valence-electron chi connectivity index (χ1n) is 8.21. The van der Waals surface area contributed by atoms with E-state index in [1.165, 1.54) is 14.2 Å². The smallest absolute Gasteiger partial charge is 0.345 e. The van der Waals surface area contributed by atoms with Crippen LogP contribution in [0.25, 0.3) is 0 Å². The second-order valence-electron chi connectivity index (χ2n) is 5.92. The van der Waals surface area contributed by atoms with Crippen molar-refractivity contribution in [2.45, 2.75) is 13.8 Å². The fourth-order valence-electron chi connectivity index (χ4n) is 2.53. The van der Waals surface area contributed by atoms with Crippen molar-refractivity contribution in [1.29, 1.82) is 0 Å². The van der Waals surface area contributed by atoms with E-state index >= 15 is 0 Å². The summed E-state index contributed by atoms with van der Waals surface area (Å²) in [6.07, 6.45) is 0. The molecule has 0 fully saturated rings. The van der Waals surface area contributed by atoms with Crippen molar-refractivity contribution in [2.75, 3.05) is 26.1 Å². The molecule has 2 rings (SSSR count). The molecule has 1 N–H and O–H groups in total. The first kappa shape index (κ1) is 20.7. The average molecular weight is 388 g/mol. The van der Waals surface area contributed by atoms with Crippen molar-refractivity contribution in [3.8, 4) is 11.5 Å². The van der Waals surface area contributed by atoms with Gasteiger partial charge in [-0.25, -0.2) is 4.79 Å². The van der Waals surface area contributed by atoms with Crippen LogP contribution in [0, 0.1) is 24.0 Å². The number of esters is 1. The Morgan fingerprint density at radius 3 is 2.29 bits per heavy atom. The van der Waals surface area contributed by atoms with Gasteiger partial charge in [0, 0.05) is 11.8 Å². The molecular weight excluding hydrogens is 368 g/mol. The number of hydrogen-bond acceptors (Lipinski definition) is 7. The molecule has 2 aromatic rings. The zero-order valence-corrected chi connectivity index (χ0v) is 15.9. The fourth-order valence-corrected chi connectivity index (χ4v) is 2.53. The number of carbonyl (C=O) groups is 2. The first-order chi connectivity index (χ1) is 13.3. The van der Waals surface area contributed by atoms with Crippen molar-refractivity contribution in [2.24, 2.45) is 0 Å². The van der Waals surface area contributed by atoms with Gasteiger partial charge in [-0.05, 0) is 25.5 Å². The van der Waals surface area contributed by atoms with Crippen LogP contribution in [0.5, 0.6) is 11.5 Å². The van der Waals surface area contributed by atoms with Crippen molar-refractivity contribution in [1.82, 2.24) is 0 Å². The maximum atomic E-state index is 12.3. The Morgan fingerprint density at radius 1 is 1.07 bits per heavy atom. The third-order valence-corrected chi connectivity index (χ3v) is 3.91. The molecule has 0 bridgehead atoms. The lowest BCUT2D eigenvalue weighted by molar-refractivity contribution is -0.385. The second kappa shape index (κ2) is 8.85. The highest BCUT2D eigenvalue weighted by molar-refractivity contribution is 5.98. The van der Waals surface area contributed by atoms with E-state index in [0.717, 1.165) is 23.3 Å². The summed E-state index contributed by atoms with van der Waals surface area (Å²) >= 11 is 0. The lowest BCUT2D eigenvalue weighted by Gasteiger charge is -2.11. The van der Waals surface area contributed by atoms with Crippen LogP contribution in [0.15, 0.2) is 30.3 Å². The van der Waals surface area contributed by atoms with E-state index in [0.29, 0.717) is 5.69 Å². The van der Waals surface area contributed by atoms with E-state index in [4.69, 9.17) is 14.2 Å². The Morgan fingerprint density at radius 2 is 1.71 bits per heavy atom. The Bertz CT molecular complexity index is 925. The summed E-state index contributed by atoms with van der Waals surface area (Å²) < 4.78 is 15.0. The number of benzene rings is 2. The molecular formula is C19H20N2O7. The minimum Gasteiger partial charge on any atom is -0.493 e. The number of nitrogens with one attached hydrogen (secondary N) is 1. The largest absolute Gasteiger partial charge is 0.493 e. The monoisotopic (exact) mass is 388 g/mol. The molecule has 0 unspecified atom stereocenters. The quantitative estimate of drug-likeness (QED) is 0.440. The summed E-state index contributed by atoms with van der Waals surface area (Å²) in [5, 5.41) is 13.9. The first-order valence-corrected chi connectivity index (χ1v) is 8.21. The number of rotatable bonds is 7. The van der Waals surface area contributed by atoms with Gasteiger partial charge in [0.1, 0.15) is 5.56 Å². The second-order valence-corrected chi connectivity index (χ2v) is 5.92. The van der Waals surface area contributed by atoms with E-state index in [9.17, 15) is 19.7 Å². The zero-order chi connectivity index (χ0) is 20.8. The highest BCUT2D eigenvalue weighted by atomic mass is 16.6. The lowest BCUT2D eigenvalue weighted by atomic mass is 10.1. The molecule has 148 valence electrons. The summed E-state index contributed by atoms with van der Waals surface area (Å²) in [7, 11) is 2.65. The number of hydrogen-bond donors (Lipinski definition) is 1. The Labute approximate surface area is 161 Å². The van der Waals surface area contributed by atoms with Crippen molar-refractivity contribution in [3.63, 3.8) is 0 Å². The highest BCUT2D eigenvalue weighted by Gasteiger charge is 2.26. The number of amides is 1. The Hall–Kier alpha value is -3.62. The molecule has 0 spiro atoms. The number of nitro benzene ring substituents is 1. The third-order valence-electron chi connectivity index (χ3n) is 3.91. The topological polar surface area (TPSA) is 117 Å². The van der Waals surface area contributed by atoms with Gasteiger partial charge in [0.25, 0.3) is 11.6 Å². The fraction of sp³-hybridized carbons (Fsp3) is 0.263.